The Balaban J connectivity index is 2.36. The van der Waals surface area contributed by atoms with Gasteiger partial charge in [-0.15, -0.1) is 11.6 Å². The molecule has 2 atom stereocenters. The summed E-state index contributed by atoms with van der Waals surface area (Å²) in [5.41, 5.74) is 0. The summed E-state index contributed by atoms with van der Waals surface area (Å²) in [5, 5.41) is 8.23. The molecule has 0 saturated carbocycles. The van der Waals surface area contributed by atoms with E-state index in [4.69, 9.17) is 16.9 Å². The Labute approximate surface area is 91.2 Å². The molecule has 1 aliphatic rings. The minimum absolute atomic E-state index is 0.382. The predicted molar refractivity (Wildman–Crippen MR) is 58.4 cm³/mol. The second kappa shape index (κ2) is 5.55. The van der Waals surface area contributed by atoms with E-state index < -0.39 is 0 Å². The number of hydrogen-bond acceptors (Lipinski definition) is 3. The first kappa shape index (κ1) is 11.8. The molecule has 1 aliphatic heterocycles. The summed E-state index contributed by atoms with van der Waals surface area (Å²) in [7, 11) is 4.19. The average Bonchev–Trinajstić information content (AvgIpc) is 2.17. The van der Waals surface area contributed by atoms with Crippen molar-refractivity contribution in [2.75, 3.05) is 33.7 Å². The van der Waals surface area contributed by atoms with E-state index >= 15 is 0 Å². The molecule has 80 valence electrons. The van der Waals surface area contributed by atoms with Crippen LogP contribution in [-0.4, -0.2) is 54.9 Å². The molecular formula is C10H18ClN3. The number of halogens is 1. The van der Waals surface area contributed by atoms with E-state index in [1.807, 2.05) is 0 Å². The second-order valence-electron chi connectivity index (χ2n) is 4.09. The molecule has 0 aromatic rings. The SMILES string of the molecule is CN1CCCC(N(C)CC(Cl)C#N)C1. The maximum atomic E-state index is 8.61. The quantitative estimate of drug-likeness (QED) is 0.662. The molecule has 0 radical (unpaired) electrons. The maximum Gasteiger partial charge on any atom is 0.133 e. The van der Waals surface area contributed by atoms with Crippen molar-refractivity contribution >= 4 is 11.6 Å². The number of likely N-dealkylation sites (N-methyl/N-ethyl adjacent to an activating group) is 2. The van der Waals surface area contributed by atoms with E-state index in [0.29, 0.717) is 12.6 Å². The molecule has 0 aromatic carbocycles. The molecule has 1 heterocycles. The Hall–Kier alpha value is -0.300. The Morgan fingerprint density at radius 3 is 3.00 bits per heavy atom. The van der Waals surface area contributed by atoms with Crippen molar-refractivity contribution in [3.05, 3.63) is 0 Å². The monoisotopic (exact) mass is 215 g/mol. The summed E-state index contributed by atoms with van der Waals surface area (Å²) in [6.45, 7) is 2.94. The number of likely N-dealkylation sites (tertiary alicyclic amines) is 1. The van der Waals surface area contributed by atoms with Gasteiger partial charge >= 0.3 is 0 Å². The van der Waals surface area contributed by atoms with E-state index in [1.54, 1.807) is 0 Å². The summed E-state index contributed by atoms with van der Waals surface area (Å²) in [4.78, 5) is 4.54. The smallest absolute Gasteiger partial charge is 0.133 e. The van der Waals surface area contributed by atoms with Crippen LogP contribution < -0.4 is 0 Å². The number of alkyl halides is 1. The molecule has 4 heteroatoms. The van der Waals surface area contributed by atoms with Crippen LogP contribution in [0.15, 0.2) is 0 Å². The van der Waals surface area contributed by atoms with Crippen LogP contribution in [0, 0.1) is 11.3 Å². The molecule has 2 unspecified atom stereocenters. The molecule has 0 N–H and O–H groups in total. The summed E-state index contributed by atoms with van der Waals surface area (Å²) in [6.07, 6.45) is 2.46. The molecule has 1 saturated heterocycles. The number of hydrogen-bond donors (Lipinski definition) is 0. The fourth-order valence-corrected chi connectivity index (χ4v) is 2.16. The summed E-state index contributed by atoms with van der Waals surface area (Å²) in [5.74, 6) is 0. The highest BCUT2D eigenvalue weighted by molar-refractivity contribution is 6.22. The van der Waals surface area contributed by atoms with Gasteiger partial charge in [-0.2, -0.15) is 5.26 Å². The molecule has 0 bridgehead atoms. The first-order chi connectivity index (χ1) is 6.63. The highest BCUT2D eigenvalue weighted by Crippen LogP contribution is 2.14. The number of nitrogens with zero attached hydrogens (tertiary/aromatic N) is 3. The van der Waals surface area contributed by atoms with Gasteiger partial charge in [0.05, 0.1) is 6.07 Å². The summed E-state index contributed by atoms with van der Waals surface area (Å²) < 4.78 is 0. The fourth-order valence-electron chi connectivity index (χ4n) is 1.94. The van der Waals surface area contributed by atoms with Crippen LogP contribution in [0.1, 0.15) is 12.8 Å². The summed E-state index contributed by atoms with van der Waals surface area (Å²) in [6, 6.07) is 2.61. The Bertz CT molecular complexity index is 214. The lowest BCUT2D eigenvalue weighted by atomic mass is 10.1. The van der Waals surface area contributed by atoms with Gasteiger partial charge in [-0.1, -0.05) is 0 Å². The van der Waals surface area contributed by atoms with Gasteiger partial charge in [-0.25, -0.2) is 0 Å². The highest BCUT2D eigenvalue weighted by atomic mass is 35.5. The van der Waals surface area contributed by atoms with Crippen molar-refractivity contribution in [1.82, 2.24) is 9.80 Å². The van der Waals surface area contributed by atoms with Crippen LogP contribution in [0.3, 0.4) is 0 Å². The van der Waals surface area contributed by atoms with Gasteiger partial charge in [0.1, 0.15) is 5.38 Å². The van der Waals surface area contributed by atoms with E-state index in [-0.39, 0.29) is 5.38 Å². The van der Waals surface area contributed by atoms with Gasteiger partial charge in [-0.3, -0.25) is 4.90 Å². The van der Waals surface area contributed by atoms with Crippen LogP contribution in [0.25, 0.3) is 0 Å². The van der Waals surface area contributed by atoms with Crippen molar-refractivity contribution in [2.24, 2.45) is 0 Å². The van der Waals surface area contributed by atoms with Crippen molar-refractivity contribution in [3.63, 3.8) is 0 Å². The predicted octanol–water partition coefficient (Wildman–Crippen LogP) is 1.14. The lowest BCUT2D eigenvalue weighted by Crippen LogP contribution is -2.46. The lowest BCUT2D eigenvalue weighted by Gasteiger charge is -2.36. The number of piperidine rings is 1. The van der Waals surface area contributed by atoms with Gasteiger partial charge in [0, 0.05) is 19.1 Å². The molecule has 3 nitrogen and oxygen atoms in total. The number of nitriles is 1. The fraction of sp³-hybridized carbons (Fsp3) is 0.900. The van der Waals surface area contributed by atoms with Crippen LogP contribution in [0.2, 0.25) is 0 Å². The van der Waals surface area contributed by atoms with E-state index in [9.17, 15) is 0 Å². The molecule has 0 spiro atoms. The van der Waals surface area contributed by atoms with Crippen LogP contribution in [-0.2, 0) is 0 Å². The van der Waals surface area contributed by atoms with Crippen molar-refractivity contribution in [3.8, 4) is 6.07 Å². The van der Waals surface area contributed by atoms with Crippen molar-refractivity contribution in [2.45, 2.75) is 24.3 Å². The molecular weight excluding hydrogens is 198 g/mol. The minimum Gasteiger partial charge on any atom is -0.305 e. The standard InChI is InChI=1S/C10H18ClN3/c1-13-5-3-4-10(8-13)14(2)7-9(11)6-12/h9-10H,3-5,7-8H2,1-2H3. The highest BCUT2D eigenvalue weighted by Gasteiger charge is 2.22. The normalized spacial score (nSPS) is 26.1. The van der Waals surface area contributed by atoms with Gasteiger partial charge in [0.2, 0.25) is 0 Å². The third-order valence-electron chi connectivity index (χ3n) is 2.81. The third-order valence-corrected chi connectivity index (χ3v) is 3.05. The molecule has 14 heavy (non-hydrogen) atoms. The first-order valence-corrected chi connectivity index (χ1v) is 5.49. The Kier molecular flexibility index (Phi) is 4.67. The third kappa shape index (κ3) is 3.45. The van der Waals surface area contributed by atoms with Crippen molar-refractivity contribution < 1.29 is 0 Å². The van der Waals surface area contributed by atoms with E-state index in [0.717, 1.165) is 6.54 Å². The zero-order valence-electron chi connectivity index (χ0n) is 8.91. The number of rotatable bonds is 3. The summed E-state index contributed by atoms with van der Waals surface area (Å²) >= 11 is 5.80. The minimum atomic E-state index is -0.382. The topological polar surface area (TPSA) is 30.3 Å². The van der Waals surface area contributed by atoms with Gasteiger partial charge in [0.15, 0.2) is 0 Å². The zero-order valence-corrected chi connectivity index (χ0v) is 9.67. The molecule has 0 aromatic heterocycles. The van der Waals surface area contributed by atoms with Crippen LogP contribution >= 0.6 is 11.6 Å². The Morgan fingerprint density at radius 1 is 1.71 bits per heavy atom. The molecule has 1 fully saturated rings. The Morgan fingerprint density at radius 2 is 2.43 bits per heavy atom. The zero-order chi connectivity index (χ0) is 10.6. The van der Waals surface area contributed by atoms with Crippen LogP contribution in [0.4, 0.5) is 0 Å². The molecule has 1 rings (SSSR count). The average molecular weight is 216 g/mol. The van der Waals surface area contributed by atoms with E-state index in [1.165, 1.54) is 19.4 Å². The molecule has 0 aliphatic carbocycles. The van der Waals surface area contributed by atoms with Gasteiger partial charge in [-0.05, 0) is 33.5 Å². The van der Waals surface area contributed by atoms with Gasteiger partial charge in [0.25, 0.3) is 0 Å². The maximum absolute atomic E-state index is 8.61. The first-order valence-electron chi connectivity index (χ1n) is 5.06. The van der Waals surface area contributed by atoms with Crippen LogP contribution in [0.5, 0.6) is 0 Å². The van der Waals surface area contributed by atoms with Gasteiger partial charge < -0.3 is 4.90 Å². The van der Waals surface area contributed by atoms with Crippen molar-refractivity contribution in [1.29, 1.82) is 5.26 Å². The largest absolute Gasteiger partial charge is 0.305 e. The van der Waals surface area contributed by atoms with E-state index in [2.05, 4.69) is 30.0 Å². The lowest BCUT2D eigenvalue weighted by molar-refractivity contribution is 0.137. The second-order valence-corrected chi connectivity index (χ2v) is 4.62. The molecule has 0 amide bonds.